The van der Waals surface area contributed by atoms with Gasteiger partial charge in [-0.15, -0.1) is 0 Å². The first-order valence-electron chi connectivity index (χ1n) is 7.58. The molecule has 118 valence electrons. The molecule has 1 aromatic heterocycles. The van der Waals surface area contributed by atoms with Gasteiger partial charge in [0.15, 0.2) is 5.13 Å². The van der Waals surface area contributed by atoms with Gasteiger partial charge in [-0.05, 0) is 24.1 Å². The number of rotatable bonds is 7. The summed E-state index contributed by atoms with van der Waals surface area (Å²) in [5.41, 5.74) is 1.80. The van der Waals surface area contributed by atoms with Crippen LogP contribution in [0.4, 0.5) is 5.13 Å². The van der Waals surface area contributed by atoms with Gasteiger partial charge in [0.25, 0.3) is 0 Å². The largest absolute Gasteiger partial charge is 0.356 e. The number of hydrogen-bond donors (Lipinski definition) is 2. The molecule has 5 nitrogen and oxygen atoms in total. The van der Waals surface area contributed by atoms with Crippen LogP contribution in [0.1, 0.15) is 38.7 Å². The SMILES string of the molecule is CCCCNC(=O)Cc1ccc2nc(NC(=O)CC)sc2c1. The molecule has 0 aliphatic rings. The first-order chi connectivity index (χ1) is 10.6. The molecule has 22 heavy (non-hydrogen) atoms. The molecule has 2 aromatic rings. The fourth-order valence-electron chi connectivity index (χ4n) is 1.99. The van der Waals surface area contributed by atoms with E-state index in [-0.39, 0.29) is 11.8 Å². The number of benzene rings is 1. The van der Waals surface area contributed by atoms with Crippen molar-refractivity contribution in [3.8, 4) is 0 Å². The number of carbonyl (C=O) groups is 2. The van der Waals surface area contributed by atoms with Crippen LogP contribution in [0, 0.1) is 0 Å². The molecule has 2 N–H and O–H groups in total. The van der Waals surface area contributed by atoms with Crippen molar-refractivity contribution in [3.63, 3.8) is 0 Å². The summed E-state index contributed by atoms with van der Waals surface area (Å²) in [6, 6.07) is 5.77. The molecule has 0 aliphatic heterocycles. The average molecular weight is 319 g/mol. The minimum absolute atomic E-state index is 0.0387. The number of nitrogens with one attached hydrogen (secondary N) is 2. The summed E-state index contributed by atoms with van der Waals surface area (Å²) < 4.78 is 0.977. The van der Waals surface area contributed by atoms with Gasteiger partial charge in [-0.2, -0.15) is 0 Å². The van der Waals surface area contributed by atoms with Crippen LogP contribution in [0.15, 0.2) is 18.2 Å². The van der Waals surface area contributed by atoms with E-state index in [2.05, 4.69) is 22.5 Å². The molecule has 0 atom stereocenters. The molecule has 0 radical (unpaired) electrons. The number of amides is 2. The summed E-state index contributed by atoms with van der Waals surface area (Å²) in [5.74, 6) is -0.00796. The quantitative estimate of drug-likeness (QED) is 0.770. The molecule has 6 heteroatoms. The van der Waals surface area contributed by atoms with E-state index in [0.29, 0.717) is 18.0 Å². The molecule has 0 bridgehead atoms. The van der Waals surface area contributed by atoms with Gasteiger partial charge in [0.1, 0.15) is 0 Å². The van der Waals surface area contributed by atoms with Crippen LogP contribution >= 0.6 is 11.3 Å². The monoisotopic (exact) mass is 319 g/mol. The minimum atomic E-state index is -0.0467. The molecule has 0 spiro atoms. The smallest absolute Gasteiger partial charge is 0.225 e. The maximum absolute atomic E-state index is 11.8. The first-order valence-corrected chi connectivity index (χ1v) is 8.40. The lowest BCUT2D eigenvalue weighted by Crippen LogP contribution is -2.25. The van der Waals surface area contributed by atoms with E-state index in [4.69, 9.17) is 0 Å². The second-order valence-corrected chi connectivity index (χ2v) is 6.13. The van der Waals surface area contributed by atoms with Crippen LogP contribution < -0.4 is 10.6 Å². The molecule has 1 aromatic carbocycles. The lowest BCUT2D eigenvalue weighted by Gasteiger charge is -2.04. The third-order valence-electron chi connectivity index (χ3n) is 3.24. The van der Waals surface area contributed by atoms with Gasteiger partial charge >= 0.3 is 0 Å². The van der Waals surface area contributed by atoms with E-state index in [1.807, 2.05) is 18.2 Å². The van der Waals surface area contributed by atoms with Crippen molar-refractivity contribution in [3.05, 3.63) is 23.8 Å². The zero-order valence-electron chi connectivity index (χ0n) is 12.9. The molecular formula is C16H21N3O2S. The summed E-state index contributed by atoms with van der Waals surface area (Å²) in [6.45, 7) is 4.63. The average Bonchev–Trinajstić information content (AvgIpc) is 2.88. The number of aromatic nitrogens is 1. The topological polar surface area (TPSA) is 71.1 Å². The molecule has 0 unspecified atom stereocenters. The predicted molar refractivity (Wildman–Crippen MR) is 90.2 cm³/mol. The van der Waals surface area contributed by atoms with Crippen molar-refractivity contribution in [2.24, 2.45) is 0 Å². The summed E-state index contributed by atoms with van der Waals surface area (Å²) in [7, 11) is 0. The molecular weight excluding hydrogens is 298 g/mol. The molecule has 0 fully saturated rings. The van der Waals surface area contributed by atoms with Crippen LogP contribution in [0.2, 0.25) is 0 Å². The van der Waals surface area contributed by atoms with Crippen LogP contribution in [-0.2, 0) is 16.0 Å². The number of unbranched alkanes of at least 4 members (excludes halogenated alkanes) is 1. The Bertz CT molecular complexity index is 666. The van der Waals surface area contributed by atoms with Crippen molar-refractivity contribution in [1.29, 1.82) is 0 Å². The van der Waals surface area contributed by atoms with Crippen LogP contribution in [0.3, 0.4) is 0 Å². The van der Waals surface area contributed by atoms with Crippen LogP contribution in [0.25, 0.3) is 10.2 Å². The van der Waals surface area contributed by atoms with Gasteiger partial charge in [-0.25, -0.2) is 4.98 Å². The van der Waals surface area contributed by atoms with E-state index in [9.17, 15) is 9.59 Å². The lowest BCUT2D eigenvalue weighted by molar-refractivity contribution is -0.120. The molecule has 2 rings (SSSR count). The molecule has 1 heterocycles. The molecule has 0 aliphatic carbocycles. The van der Waals surface area contributed by atoms with Crippen molar-refractivity contribution in [2.45, 2.75) is 39.5 Å². The predicted octanol–water partition coefficient (Wildman–Crippen LogP) is 3.10. The number of carbonyl (C=O) groups excluding carboxylic acids is 2. The fourth-order valence-corrected chi connectivity index (χ4v) is 2.94. The summed E-state index contributed by atoms with van der Waals surface area (Å²) in [6.07, 6.45) is 2.87. The highest BCUT2D eigenvalue weighted by Gasteiger charge is 2.09. The maximum Gasteiger partial charge on any atom is 0.225 e. The zero-order valence-corrected chi connectivity index (χ0v) is 13.8. The van der Waals surface area contributed by atoms with Crippen molar-refractivity contribution < 1.29 is 9.59 Å². The van der Waals surface area contributed by atoms with E-state index in [1.54, 1.807) is 6.92 Å². The molecule has 0 saturated carbocycles. The highest BCUT2D eigenvalue weighted by Crippen LogP contribution is 2.27. The lowest BCUT2D eigenvalue weighted by atomic mass is 10.1. The Morgan fingerprint density at radius 2 is 2.05 bits per heavy atom. The standard InChI is InChI=1S/C16H21N3O2S/c1-3-5-8-17-15(21)10-11-6-7-12-13(9-11)22-16(18-12)19-14(20)4-2/h6-7,9H,3-5,8,10H2,1-2H3,(H,17,21)(H,18,19,20). The second-order valence-electron chi connectivity index (χ2n) is 5.10. The fraction of sp³-hybridized carbons (Fsp3) is 0.438. The Morgan fingerprint density at radius 1 is 1.23 bits per heavy atom. The van der Waals surface area contributed by atoms with E-state index in [1.165, 1.54) is 11.3 Å². The third kappa shape index (κ3) is 4.53. The number of anilines is 1. The number of fused-ring (bicyclic) bond motifs is 1. The zero-order chi connectivity index (χ0) is 15.9. The Balaban J connectivity index is 2.03. The minimum Gasteiger partial charge on any atom is -0.356 e. The van der Waals surface area contributed by atoms with Gasteiger partial charge in [0.05, 0.1) is 16.6 Å². The second kappa shape index (κ2) is 7.89. The van der Waals surface area contributed by atoms with Gasteiger partial charge in [-0.3, -0.25) is 9.59 Å². The number of nitrogens with zero attached hydrogens (tertiary/aromatic N) is 1. The number of hydrogen-bond acceptors (Lipinski definition) is 4. The highest BCUT2D eigenvalue weighted by atomic mass is 32.1. The van der Waals surface area contributed by atoms with E-state index < -0.39 is 0 Å². The Kier molecular flexibility index (Phi) is 5.89. The van der Waals surface area contributed by atoms with Gasteiger partial charge < -0.3 is 10.6 Å². The summed E-state index contributed by atoms with van der Waals surface area (Å²) in [5, 5.41) is 6.28. The summed E-state index contributed by atoms with van der Waals surface area (Å²) >= 11 is 1.43. The van der Waals surface area contributed by atoms with Crippen molar-refractivity contribution in [2.75, 3.05) is 11.9 Å². The normalized spacial score (nSPS) is 10.6. The first kappa shape index (κ1) is 16.4. The van der Waals surface area contributed by atoms with Crippen LogP contribution in [-0.4, -0.2) is 23.3 Å². The maximum atomic E-state index is 11.8. The van der Waals surface area contributed by atoms with Crippen LogP contribution in [0.5, 0.6) is 0 Å². The van der Waals surface area contributed by atoms with Gasteiger partial charge in [0.2, 0.25) is 11.8 Å². The Labute approximate surface area is 134 Å². The number of thiazole rings is 1. The third-order valence-corrected chi connectivity index (χ3v) is 4.17. The highest BCUT2D eigenvalue weighted by molar-refractivity contribution is 7.22. The van der Waals surface area contributed by atoms with Crippen molar-refractivity contribution in [1.82, 2.24) is 10.3 Å². The van der Waals surface area contributed by atoms with E-state index >= 15 is 0 Å². The molecule has 2 amide bonds. The van der Waals surface area contributed by atoms with Gasteiger partial charge in [-0.1, -0.05) is 37.7 Å². The van der Waals surface area contributed by atoms with Crippen molar-refractivity contribution >= 4 is 38.5 Å². The van der Waals surface area contributed by atoms with E-state index in [0.717, 1.165) is 35.2 Å². The Hall–Kier alpha value is -1.95. The Morgan fingerprint density at radius 3 is 2.77 bits per heavy atom. The summed E-state index contributed by atoms with van der Waals surface area (Å²) in [4.78, 5) is 27.6. The van der Waals surface area contributed by atoms with Gasteiger partial charge in [0, 0.05) is 13.0 Å². The molecule has 0 saturated heterocycles.